The smallest absolute Gasteiger partial charge is 0.335 e. The number of carboxylic acid groups (broad SMARTS) is 2. The predicted octanol–water partition coefficient (Wildman–Crippen LogP) is -0.00260. The summed E-state index contributed by atoms with van der Waals surface area (Å²) in [5.41, 5.74) is 0. The molecule has 0 bridgehead atoms. The zero-order chi connectivity index (χ0) is 15.5. The predicted molar refractivity (Wildman–Crippen MR) is 67.7 cm³/mol. The van der Waals surface area contributed by atoms with Gasteiger partial charge in [-0.25, -0.2) is 9.59 Å². The quantitative estimate of drug-likeness (QED) is 0.517. The van der Waals surface area contributed by atoms with Crippen LogP contribution in [0.15, 0.2) is 0 Å². The average molecular weight is 294 g/mol. The number of ether oxygens (including phenoxy) is 4. The van der Waals surface area contributed by atoms with E-state index in [4.69, 9.17) is 29.2 Å². The Morgan fingerprint density at radius 3 is 2.25 bits per heavy atom. The molecule has 0 saturated heterocycles. The second kappa shape index (κ2) is 10.6. The third kappa shape index (κ3) is 8.05. The van der Waals surface area contributed by atoms with E-state index >= 15 is 0 Å². The summed E-state index contributed by atoms with van der Waals surface area (Å²) < 4.78 is 20.3. The fourth-order valence-corrected chi connectivity index (χ4v) is 1.34. The van der Waals surface area contributed by atoms with Gasteiger partial charge in [-0.15, -0.1) is 0 Å². The Balaban J connectivity index is 4.51. The molecule has 118 valence electrons. The molecule has 0 aliphatic rings. The third-order valence-corrected chi connectivity index (χ3v) is 2.38. The van der Waals surface area contributed by atoms with E-state index in [1.54, 1.807) is 13.8 Å². The monoisotopic (exact) mass is 294 g/mol. The number of carboxylic acids is 2. The Kier molecular flexibility index (Phi) is 9.91. The zero-order valence-corrected chi connectivity index (χ0v) is 11.9. The van der Waals surface area contributed by atoms with Crippen molar-refractivity contribution in [3.05, 3.63) is 0 Å². The summed E-state index contributed by atoms with van der Waals surface area (Å²) in [6.07, 6.45) is -2.40. The van der Waals surface area contributed by atoms with Crippen molar-refractivity contribution in [3.8, 4) is 0 Å². The van der Waals surface area contributed by atoms with Gasteiger partial charge in [-0.2, -0.15) is 0 Å². The lowest BCUT2D eigenvalue weighted by atomic mass is 10.2. The van der Waals surface area contributed by atoms with E-state index in [9.17, 15) is 9.59 Å². The molecule has 0 aliphatic heterocycles. The lowest BCUT2D eigenvalue weighted by Crippen LogP contribution is -2.43. The van der Waals surface area contributed by atoms with Crippen LogP contribution in [0.4, 0.5) is 0 Å². The van der Waals surface area contributed by atoms with E-state index in [1.807, 2.05) is 0 Å². The van der Waals surface area contributed by atoms with Gasteiger partial charge in [0.2, 0.25) is 0 Å². The molecule has 0 amide bonds. The van der Waals surface area contributed by atoms with Crippen molar-refractivity contribution >= 4 is 11.9 Å². The van der Waals surface area contributed by atoms with Crippen LogP contribution in [0.2, 0.25) is 0 Å². The van der Waals surface area contributed by atoms with Crippen molar-refractivity contribution in [2.24, 2.45) is 0 Å². The molecule has 0 heterocycles. The molecule has 2 N–H and O–H groups in total. The lowest BCUT2D eigenvalue weighted by Gasteiger charge is -2.24. The molecule has 0 saturated carbocycles. The van der Waals surface area contributed by atoms with Crippen LogP contribution in [0.5, 0.6) is 0 Å². The Labute approximate surface area is 117 Å². The number of carbonyl (C=O) groups is 2. The highest BCUT2D eigenvalue weighted by Gasteiger charge is 2.30. The summed E-state index contributed by atoms with van der Waals surface area (Å²) in [7, 11) is 1.49. The maximum atomic E-state index is 11.2. The van der Waals surface area contributed by atoms with Crippen molar-refractivity contribution < 1.29 is 38.7 Å². The van der Waals surface area contributed by atoms with E-state index in [-0.39, 0.29) is 25.9 Å². The summed E-state index contributed by atoms with van der Waals surface area (Å²) in [5, 5.41) is 17.6. The highest BCUT2D eigenvalue weighted by Crippen LogP contribution is 2.08. The molecule has 0 spiro atoms. The Bertz CT molecular complexity index is 293. The first-order valence-corrected chi connectivity index (χ1v) is 6.20. The van der Waals surface area contributed by atoms with E-state index < -0.39 is 30.8 Å². The van der Waals surface area contributed by atoms with E-state index in [0.717, 1.165) is 0 Å². The molecule has 0 radical (unpaired) electrons. The van der Waals surface area contributed by atoms with Crippen LogP contribution in [0, 0.1) is 0 Å². The van der Waals surface area contributed by atoms with Crippen molar-refractivity contribution in [3.63, 3.8) is 0 Å². The molecule has 8 nitrogen and oxygen atoms in total. The lowest BCUT2D eigenvalue weighted by molar-refractivity contribution is -0.171. The van der Waals surface area contributed by atoms with Gasteiger partial charge in [-0.1, -0.05) is 0 Å². The number of hydrogen-bond donors (Lipinski definition) is 2. The first kappa shape index (κ1) is 18.8. The van der Waals surface area contributed by atoms with E-state index in [1.165, 1.54) is 7.11 Å². The summed E-state index contributed by atoms with van der Waals surface area (Å²) in [6.45, 7) is 3.06. The molecular weight excluding hydrogens is 272 g/mol. The van der Waals surface area contributed by atoms with Crippen LogP contribution in [0.25, 0.3) is 0 Å². The van der Waals surface area contributed by atoms with Crippen molar-refractivity contribution in [2.75, 3.05) is 33.5 Å². The normalized spacial score (nSPS) is 15.6. The molecule has 0 rings (SSSR count). The van der Waals surface area contributed by atoms with Crippen molar-refractivity contribution in [1.29, 1.82) is 0 Å². The second-order valence-corrected chi connectivity index (χ2v) is 4.04. The number of aliphatic carboxylic acids is 2. The topological polar surface area (TPSA) is 112 Å². The average Bonchev–Trinajstić information content (AvgIpc) is 2.37. The summed E-state index contributed by atoms with van der Waals surface area (Å²) in [5.74, 6) is -2.34. The SMILES string of the molecule is CCOC(COCC(=O)O)C(OCC(C)OC)C(=O)O. The fraction of sp³-hybridized carbons (Fsp3) is 0.833. The maximum absolute atomic E-state index is 11.2. The van der Waals surface area contributed by atoms with Crippen LogP contribution < -0.4 is 0 Å². The highest BCUT2D eigenvalue weighted by molar-refractivity contribution is 5.73. The van der Waals surface area contributed by atoms with E-state index in [2.05, 4.69) is 0 Å². The van der Waals surface area contributed by atoms with Gasteiger partial charge in [0.05, 0.1) is 19.3 Å². The zero-order valence-electron chi connectivity index (χ0n) is 11.9. The standard InChI is InChI=1S/C12H22O8/c1-4-19-9(6-18-7-10(13)14)11(12(15)16)20-5-8(2)17-3/h8-9,11H,4-7H2,1-3H3,(H,13,14)(H,15,16). The molecule has 8 heteroatoms. The molecule has 0 aliphatic carbocycles. The number of methoxy groups -OCH3 is 1. The summed E-state index contributed by atoms with van der Waals surface area (Å²) in [4.78, 5) is 21.6. The molecule has 20 heavy (non-hydrogen) atoms. The molecule has 0 aromatic carbocycles. The van der Waals surface area contributed by atoms with Gasteiger partial charge in [0, 0.05) is 13.7 Å². The third-order valence-electron chi connectivity index (χ3n) is 2.38. The molecular formula is C12H22O8. The highest BCUT2D eigenvalue weighted by atomic mass is 16.6. The minimum Gasteiger partial charge on any atom is -0.480 e. The van der Waals surface area contributed by atoms with Gasteiger partial charge >= 0.3 is 11.9 Å². The molecule has 0 fully saturated rings. The minimum atomic E-state index is -1.25. The van der Waals surface area contributed by atoms with Gasteiger partial charge in [-0.05, 0) is 13.8 Å². The first-order chi connectivity index (χ1) is 9.42. The minimum absolute atomic E-state index is 0.0793. The molecule has 3 unspecified atom stereocenters. The van der Waals surface area contributed by atoms with Gasteiger partial charge in [0.15, 0.2) is 6.10 Å². The van der Waals surface area contributed by atoms with E-state index in [0.29, 0.717) is 0 Å². The van der Waals surface area contributed by atoms with Crippen LogP contribution in [-0.2, 0) is 28.5 Å². The van der Waals surface area contributed by atoms with Crippen LogP contribution in [0.1, 0.15) is 13.8 Å². The molecule has 3 atom stereocenters. The largest absolute Gasteiger partial charge is 0.480 e. The van der Waals surface area contributed by atoms with Gasteiger partial charge < -0.3 is 29.2 Å². The Morgan fingerprint density at radius 1 is 1.15 bits per heavy atom. The van der Waals surface area contributed by atoms with Crippen molar-refractivity contribution in [2.45, 2.75) is 32.2 Å². The molecule has 0 aromatic heterocycles. The van der Waals surface area contributed by atoms with Gasteiger partial charge in [0.25, 0.3) is 0 Å². The number of rotatable bonds is 12. The van der Waals surface area contributed by atoms with Crippen LogP contribution in [-0.4, -0.2) is 74.0 Å². The Hall–Kier alpha value is -1.22. The van der Waals surface area contributed by atoms with Gasteiger partial charge in [0.1, 0.15) is 12.7 Å². The maximum Gasteiger partial charge on any atom is 0.335 e. The van der Waals surface area contributed by atoms with Gasteiger partial charge in [-0.3, -0.25) is 0 Å². The second-order valence-electron chi connectivity index (χ2n) is 4.04. The van der Waals surface area contributed by atoms with Crippen LogP contribution in [0.3, 0.4) is 0 Å². The summed E-state index contributed by atoms with van der Waals surface area (Å²) >= 11 is 0. The summed E-state index contributed by atoms with van der Waals surface area (Å²) in [6, 6.07) is 0. The van der Waals surface area contributed by atoms with Crippen molar-refractivity contribution in [1.82, 2.24) is 0 Å². The Morgan fingerprint density at radius 2 is 1.80 bits per heavy atom. The first-order valence-electron chi connectivity index (χ1n) is 6.20. The number of hydrogen-bond acceptors (Lipinski definition) is 6. The molecule has 0 aromatic rings. The fourth-order valence-electron chi connectivity index (χ4n) is 1.34. The van der Waals surface area contributed by atoms with Crippen LogP contribution >= 0.6 is 0 Å².